The van der Waals surface area contributed by atoms with Gasteiger partial charge in [-0.25, -0.2) is 17.9 Å². The number of hydrogen-bond donors (Lipinski definition) is 2. The Bertz CT molecular complexity index is 547. The van der Waals surface area contributed by atoms with Gasteiger partial charge in [0.25, 0.3) is 0 Å². The molecule has 8 heteroatoms. The number of aryl methyl sites for hydroxylation is 1. The van der Waals surface area contributed by atoms with Crippen molar-refractivity contribution in [3.8, 4) is 0 Å². The largest absolute Gasteiger partial charge is 0.477 e. The van der Waals surface area contributed by atoms with Crippen LogP contribution in [-0.4, -0.2) is 43.3 Å². The second-order valence-corrected chi connectivity index (χ2v) is 6.06. The first-order valence-electron chi connectivity index (χ1n) is 5.75. The molecule has 0 unspecified atom stereocenters. The molecule has 0 amide bonds. The minimum absolute atomic E-state index is 0.0276. The highest BCUT2D eigenvalue weighted by molar-refractivity contribution is 7.89. The number of ether oxygens (including phenoxy) is 1. The van der Waals surface area contributed by atoms with Crippen LogP contribution in [0.15, 0.2) is 17.2 Å². The lowest BCUT2D eigenvalue weighted by Crippen LogP contribution is -2.28. The topological polar surface area (TPSA) is 97.6 Å². The van der Waals surface area contributed by atoms with Gasteiger partial charge in [-0.2, -0.15) is 0 Å². The third-order valence-electron chi connectivity index (χ3n) is 2.35. The molecule has 0 spiro atoms. The van der Waals surface area contributed by atoms with E-state index >= 15 is 0 Å². The summed E-state index contributed by atoms with van der Waals surface area (Å²) in [6, 6.07) is 1.12. The van der Waals surface area contributed by atoms with Crippen molar-refractivity contribution in [1.29, 1.82) is 0 Å². The van der Waals surface area contributed by atoms with Gasteiger partial charge in [0.1, 0.15) is 10.6 Å². The summed E-state index contributed by atoms with van der Waals surface area (Å²) in [6.45, 7) is 4.10. The van der Waals surface area contributed by atoms with Crippen molar-refractivity contribution in [2.24, 2.45) is 7.05 Å². The predicted molar refractivity (Wildman–Crippen MR) is 68.6 cm³/mol. The molecule has 19 heavy (non-hydrogen) atoms. The molecule has 7 nitrogen and oxygen atoms in total. The second kappa shape index (κ2) is 6.18. The molecule has 108 valence electrons. The number of carboxylic acids is 1. The van der Waals surface area contributed by atoms with Gasteiger partial charge in [-0.05, 0) is 19.9 Å². The first-order chi connectivity index (χ1) is 8.74. The highest BCUT2D eigenvalue weighted by atomic mass is 32.2. The maximum atomic E-state index is 11.9. The van der Waals surface area contributed by atoms with Crippen LogP contribution < -0.4 is 4.72 Å². The van der Waals surface area contributed by atoms with E-state index in [9.17, 15) is 13.2 Å². The zero-order valence-electron chi connectivity index (χ0n) is 11.1. The maximum Gasteiger partial charge on any atom is 0.352 e. The highest BCUT2D eigenvalue weighted by Gasteiger charge is 2.19. The minimum Gasteiger partial charge on any atom is -0.477 e. The Morgan fingerprint density at radius 1 is 1.53 bits per heavy atom. The highest BCUT2D eigenvalue weighted by Crippen LogP contribution is 2.13. The lowest BCUT2D eigenvalue weighted by atomic mass is 10.4. The van der Waals surface area contributed by atoms with Crippen molar-refractivity contribution in [3.63, 3.8) is 0 Å². The lowest BCUT2D eigenvalue weighted by Gasteiger charge is -2.08. The van der Waals surface area contributed by atoms with E-state index < -0.39 is 16.0 Å². The van der Waals surface area contributed by atoms with Gasteiger partial charge in [0, 0.05) is 19.8 Å². The van der Waals surface area contributed by atoms with Crippen molar-refractivity contribution in [2.45, 2.75) is 24.8 Å². The smallest absolute Gasteiger partial charge is 0.352 e. The molecular formula is C11H18N2O5S. The van der Waals surface area contributed by atoms with Gasteiger partial charge in [-0.3, -0.25) is 0 Å². The van der Waals surface area contributed by atoms with Crippen LogP contribution >= 0.6 is 0 Å². The van der Waals surface area contributed by atoms with Gasteiger partial charge in [-0.1, -0.05) is 0 Å². The fourth-order valence-electron chi connectivity index (χ4n) is 1.45. The third-order valence-corrected chi connectivity index (χ3v) is 3.78. The minimum atomic E-state index is -3.71. The van der Waals surface area contributed by atoms with Crippen molar-refractivity contribution in [1.82, 2.24) is 9.29 Å². The van der Waals surface area contributed by atoms with E-state index in [2.05, 4.69) is 4.72 Å². The molecule has 0 bridgehead atoms. The first-order valence-corrected chi connectivity index (χ1v) is 7.23. The zero-order valence-corrected chi connectivity index (χ0v) is 11.9. The van der Waals surface area contributed by atoms with Gasteiger partial charge in [-0.15, -0.1) is 0 Å². The molecular weight excluding hydrogens is 272 g/mol. The number of nitrogens with one attached hydrogen (secondary N) is 1. The Labute approximate surface area is 112 Å². The number of aromatic nitrogens is 1. The Morgan fingerprint density at radius 3 is 2.63 bits per heavy atom. The molecule has 0 fully saturated rings. The van der Waals surface area contributed by atoms with Crippen molar-refractivity contribution in [3.05, 3.63) is 18.0 Å². The fourth-order valence-corrected chi connectivity index (χ4v) is 2.53. The standard InChI is InChI=1S/C11H18N2O5S/c1-8(2)18-5-4-12-19(16,17)9-6-10(11(14)15)13(3)7-9/h6-8,12H,4-5H2,1-3H3,(H,14,15). The number of carboxylic acid groups (broad SMARTS) is 1. The Hall–Kier alpha value is -1.38. The summed E-state index contributed by atoms with van der Waals surface area (Å²) in [5, 5.41) is 8.86. The van der Waals surface area contributed by atoms with Crippen LogP contribution in [0.2, 0.25) is 0 Å². The number of carbonyl (C=O) groups is 1. The van der Waals surface area contributed by atoms with Crippen LogP contribution in [0.5, 0.6) is 0 Å². The number of hydrogen-bond acceptors (Lipinski definition) is 4. The predicted octanol–water partition coefficient (Wildman–Crippen LogP) is 0.427. The molecule has 1 aromatic rings. The van der Waals surface area contributed by atoms with Crippen LogP contribution in [0.25, 0.3) is 0 Å². The van der Waals surface area contributed by atoms with Crippen molar-refractivity contribution < 1.29 is 23.1 Å². The molecule has 2 N–H and O–H groups in total. The van der Waals surface area contributed by atoms with E-state index in [-0.39, 0.29) is 29.8 Å². The molecule has 0 radical (unpaired) electrons. The van der Waals surface area contributed by atoms with E-state index in [4.69, 9.17) is 9.84 Å². The Balaban J connectivity index is 2.72. The van der Waals surface area contributed by atoms with Crippen molar-refractivity contribution in [2.75, 3.05) is 13.2 Å². The number of nitrogens with zero attached hydrogens (tertiary/aromatic N) is 1. The fraction of sp³-hybridized carbons (Fsp3) is 0.545. The molecule has 0 saturated carbocycles. The summed E-state index contributed by atoms with van der Waals surface area (Å²) in [4.78, 5) is 10.8. The van der Waals surface area contributed by atoms with E-state index in [0.717, 1.165) is 6.07 Å². The molecule has 0 saturated heterocycles. The van der Waals surface area contributed by atoms with Gasteiger partial charge < -0.3 is 14.4 Å². The molecule has 0 aromatic carbocycles. The number of sulfonamides is 1. The normalized spacial score (nSPS) is 12.0. The maximum absolute atomic E-state index is 11.9. The number of aromatic carboxylic acids is 1. The molecule has 1 rings (SSSR count). The lowest BCUT2D eigenvalue weighted by molar-refractivity contribution is 0.0686. The van der Waals surface area contributed by atoms with E-state index in [1.54, 1.807) is 0 Å². The second-order valence-electron chi connectivity index (χ2n) is 4.29. The summed E-state index contributed by atoms with van der Waals surface area (Å²) >= 11 is 0. The van der Waals surface area contributed by atoms with Crippen LogP contribution in [0.3, 0.4) is 0 Å². The average Bonchev–Trinajstić information content (AvgIpc) is 2.67. The SMILES string of the molecule is CC(C)OCCNS(=O)(=O)c1cc(C(=O)O)n(C)c1. The number of rotatable bonds is 7. The molecule has 0 aliphatic heterocycles. The van der Waals surface area contributed by atoms with Crippen LogP contribution in [-0.2, 0) is 21.8 Å². The zero-order chi connectivity index (χ0) is 14.6. The van der Waals surface area contributed by atoms with Gasteiger partial charge >= 0.3 is 5.97 Å². The van der Waals surface area contributed by atoms with Gasteiger partial charge in [0.15, 0.2) is 0 Å². The van der Waals surface area contributed by atoms with Crippen LogP contribution in [0, 0.1) is 0 Å². The van der Waals surface area contributed by atoms with Crippen LogP contribution in [0.1, 0.15) is 24.3 Å². The van der Waals surface area contributed by atoms with E-state index in [1.165, 1.54) is 17.8 Å². The quantitative estimate of drug-likeness (QED) is 0.710. The average molecular weight is 290 g/mol. The summed E-state index contributed by atoms with van der Waals surface area (Å²) in [5.74, 6) is -1.17. The monoisotopic (exact) mass is 290 g/mol. The molecule has 0 atom stereocenters. The summed E-state index contributed by atoms with van der Waals surface area (Å²) in [5.41, 5.74) is -0.0844. The molecule has 0 aliphatic rings. The van der Waals surface area contributed by atoms with Crippen molar-refractivity contribution >= 4 is 16.0 Å². The van der Waals surface area contributed by atoms with Gasteiger partial charge in [0.2, 0.25) is 10.0 Å². The first kappa shape index (κ1) is 15.7. The summed E-state index contributed by atoms with van der Waals surface area (Å²) in [7, 11) is -2.23. The molecule has 1 heterocycles. The van der Waals surface area contributed by atoms with Gasteiger partial charge in [0.05, 0.1) is 12.7 Å². The summed E-state index contributed by atoms with van der Waals surface area (Å²) in [6.07, 6.45) is 1.29. The molecule has 0 aliphatic carbocycles. The Morgan fingerprint density at radius 2 is 2.16 bits per heavy atom. The van der Waals surface area contributed by atoms with E-state index in [0.29, 0.717) is 0 Å². The third kappa shape index (κ3) is 4.34. The summed E-state index contributed by atoms with van der Waals surface area (Å²) < 4.78 is 32.6. The Kier molecular flexibility index (Phi) is 5.10. The van der Waals surface area contributed by atoms with E-state index in [1.807, 2.05) is 13.8 Å². The molecule has 1 aromatic heterocycles. The van der Waals surface area contributed by atoms with Crippen LogP contribution in [0.4, 0.5) is 0 Å².